The summed E-state index contributed by atoms with van der Waals surface area (Å²) in [5, 5.41) is 12.4. The van der Waals surface area contributed by atoms with Crippen LogP contribution in [0, 0.1) is 5.82 Å². The van der Waals surface area contributed by atoms with Gasteiger partial charge in [-0.05, 0) is 42.5 Å². The lowest BCUT2D eigenvalue weighted by molar-refractivity contribution is 0.415. The van der Waals surface area contributed by atoms with Crippen molar-refractivity contribution in [2.24, 2.45) is 0 Å². The van der Waals surface area contributed by atoms with Gasteiger partial charge in [-0.2, -0.15) is 0 Å². The summed E-state index contributed by atoms with van der Waals surface area (Å²) < 4.78 is 25.0. The summed E-state index contributed by atoms with van der Waals surface area (Å²) >= 11 is 12.5. The quantitative estimate of drug-likeness (QED) is 0.373. The third kappa shape index (κ3) is 4.25. The maximum Gasteiger partial charge on any atom is 0.247 e. The van der Waals surface area contributed by atoms with Crippen LogP contribution >= 0.6 is 23.2 Å². The van der Waals surface area contributed by atoms with Gasteiger partial charge < -0.3 is 14.5 Å². The van der Waals surface area contributed by atoms with Crippen LogP contribution in [0.1, 0.15) is 17.5 Å². The van der Waals surface area contributed by atoms with Gasteiger partial charge in [-0.3, -0.25) is 0 Å². The van der Waals surface area contributed by atoms with Gasteiger partial charge in [-0.1, -0.05) is 47.5 Å². The molecule has 4 rings (SSSR count). The van der Waals surface area contributed by atoms with E-state index in [2.05, 4.69) is 15.5 Å². The second-order valence-corrected chi connectivity index (χ2v) is 7.24. The number of anilines is 1. The molecular weight excluding hydrogens is 428 g/mol. The normalized spacial score (nSPS) is 11.9. The van der Waals surface area contributed by atoms with E-state index in [0.717, 1.165) is 5.56 Å². The van der Waals surface area contributed by atoms with E-state index in [4.69, 9.17) is 32.4 Å². The van der Waals surface area contributed by atoms with E-state index in [1.165, 1.54) is 12.1 Å². The Morgan fingerprint density at radius 3 is 2.53 bits per heavy atom. The van der Waals surface area contributed by atoms with Crippen molar-refractivity contribution < 1.29 is 13.5 Å². The fourth-order valence-corrected chi connectivity index (χ4v) is 3.45. The molecule has 0 bridgehead atoms. The van der Waals surface area contributed by atoms with Crippen LogP contribution in [0.2, 0.25) is 10.0 Å². The average Bonchev–Trinajstić information content (AvgIpc) is 3.23. The molecule has 1 atom stereocenters. The number of hydrogen-bond donors (Lipinski definition) is 1. The number of benzene rings is 3. The molecule has 0 unspecified atom stereocenters. The van der Waals surface area contributed by atoms with Gasteiger partial charge in [0.25, 0.3) is 0 Å². The summed E-state index contributed by atoms with van der Waals surface area (Å²) in [4.78, 5) is 0. The van der Waals surface area contributed by atoms with Crippen molar-refractivity contribution in [3.63, 3.8) is 0 Å². The zero-order chi connectivity index (χ0) is 21.1. The SMILES string of the molecule is COc1ccc(Cl)cc1N[C@@H](c1nnc(-c2ccccc2)o1)c1ccc(F)cc1Cl. The van der Waals surface area contributed by atoms with E-state index in [1.54, 1.807) is 31.4 Å². The van der Waals surface area contributed by atoms with Crippen LogP contribution in [0.5, 0.6) is 5.75 Å². The molecule has 0 radical (unpaired) electrons. The molecule has 0 fully saturated rings. The van der Waals surface area contributed by atoms with Crippen molar-refractivity contribution in [3.05, 3.63) is 94.0 Å². The van der Waals surface area contributed by atoms with Gasteiger partial charge in [0, 0.05) is 21.2 Å². The molecule has 1 heterocycles. The summed E-state index contributed by atoms with van der Waals surface area (Å²) in [6.07, 6.45) is 0. The van der Waals surface area contributed by atoms with Crippen LogP contribution in [0.25, 0.3) is 11.5 Å². The number of halogens is 3. The molecule has 1 N–H and O–H groups in total. The Morgan fingerprint density at radius 1 is 1.00 bits per heavy atom. The Labute approximate surface area is 182 Å². The minimum Gasteiger partial charge on any atom is -0.495 e. The number of aromatic nitrogens is 2. The van der Waals surface area contributed by atoms with E-state index >= 15 is 0 Å². The zero-order valence-corrected chi connectivity index (χ0v) is 17.3. The summed E-state index contributed by atoms with van der Waals surface area (Å²) in [5.41, 5.74) is 1.93. The molecule has 5 nitrogen and oxygen atoms in total. The molecule has 0 amide bonds. The van der Waals surface area contributed by atoms with Gasteiger partial charge in [0.05, 0.1) is 12.8 Å². The van der Waals surface area contributed by atoms with Crippen LogP contribution in [0.4, 0.5) is 10.1 Å². The van der Waals surface area contributed by atoms with Gasteiger partial charge in [-0.15, -0.1) is 10.2 Å². The maximum absolute atomic E-state index is 13.6. The molecule has 0 aliphatic heterocycles. The number of nitrogens with one attached hydrogen (secondary N) is 1. The first-order chi connectivity index (χ1) is 14.5. The Hall–Kier alpha value is -3.09. The lowest BCUT2D eigenvalue weighted by atomic mass is 10.1. The molecule has 0 aliphatic carbocycles. The smallest absolute Gasteiger partial charge is 0.247 e. The fourth-order valence-electron chi connectivity index (χ4n) is 3.01. The highest BCUT2D eigenvalue weighted by Gasteiger charge is 2.25. The highest BCUT2D eigenvalue weighted by molar-refractivity contribution is 6.31. The standard InChI is InChI=1S/C22H16Cl2FN3O2/c1-29-19-10-7-14(23)11-18(19)26-20(16-9-8-15(25)12-17(16)24)22-28-27-21(30-22)13-5-3-2-4-6-13/h2-12,20,26H,1H3/t20-/m1/s1. The molecule has 8 heteroatoms. The van der Waals surface area contributed by atoms with Gasteiger partial charge in [0.2, 0.25) is 11.8 Å². The number of methoxy groups -OCH3 is 1. The Morgan fingerprint density at radius 2 is 1.80 bits per heavy atom. The highest BCUT2D eigenvalue weighted by Crippen LogP contribution is 2.36. The van der Waals surface area contributed by atoms with Gasteiger partial charge in [0.15, 0.2) is 0 Å². The molecule has 0 aliphatic rings. The minimum atomic E-state index is -0.671. The van der Waals surface area contributed by atoms with E-state index in [-0.39, 0.29) is 10.9 Å². The molecule has 4 aromatic rings. The topological polar surface area (TPSA) is 60.2 Å². The maximum atomic E-state index is 13.6. The van der Waals surface area contributed by atoms with Crippen molar-refractivity contribution in [2.75, 3.05) is 12.4 Å². The average molecular weight is 444 g/mol. The van der Waals surface area contributed by atoms with Crippen LogP contribution in [0.3, 0.4) is 0 Å². The summed E-state index contributed by atoms with van der Waals surface area (Å²) in [6, 6.07) is 18.0. The number of rotatable bonds is 6. The molecule has 1 aromatic heterocycles. The molecule has 152 valence electrons. The fraction of sp³-hybridized carbons (Fsp3) is 0.0909. The van der Waals surface area contributed by atoms with Gasteiger partial charge >= 0.3 is 0 Å². The zero-order valence-electron chi connectivity index (χ0n) is 15.8. The summed E-state index contributed by atoms with van der Waals surface area (Å²) in [5.74, 6) is 0.724. The van der Waals surface area contributed by atoms with E-state index < -0.39 is 11.9 Å². The van der Waals surface area contributed by atoms with Crippen LogP contribution in [-0.2, 0) is 0 Å². The van der Waals surface area contributed by atoms with Crippen molar-refractivity contribution in [1.82, 2.24) is 10.2 Å². The Bertz CT molecular complexity index is 1170. The molecule has 30 heavy (non-hydrogen) atoms. The first-order valence-electron chi connectivity index (χ1n) is 8.99. The van der Waals surface area contributed by atoms with E-state index in [9.17, 15) is 4.39 Å². The first kappa shape index (κ1) is 20.2. The lowest BCUT2D eigenvalue weighted by Gasteiger charge is -2.20. The number of ether oxygens (including phenoxy) is 1. The van der Waals surface area contributed by atoms with Gasteiger partial charge in [-0.25, -0.2) is 4.39 Å². The third-order valence-corrected chi connectivity index (χ3v) is 5.01. The van der Waals surface area contributed by atoms with Crippen LogP contribution < -0.4 is 10.1 Å². The van der Waals surface area contributed by atoms with Crippen molar-refractivity contribution in [2.45, 2.75) is 6.04 Å². The number of hydrogen-bond acceptors (Lipinski definition) is 5. The molecule has 0 saturated heterocycles. The molecule has 0 saturated carbocycles. The van der Waals surface area contributed by atoms with Crippen LogP contribution in [0.15, 0.2) is 71.1 Å². The number of nitrogens with zero attached hydrogens (tertiary/aromatic N) is 2. The lowest BCUT2D eigenvalue weighted by Crippen LogP contribution is -2.14. The third-order valence-electron chi connectivity index (χ3n) is 4.44. The Kier molecular flexibility index (Phi) is 5.88. The monoisotopic (exact) mass is 443 g/mol. The van der Waals surface area contributed by atoms with Crippen LogP contribution in [-0.4, -0.2) is 17.3 Å². The summed E-state index contributed by atoms with van der Waals surface area (Å²) in [6.45, 7) is 0. The molecule has 3 aromatic carbocycles. The highest BCUT2D eigenvalue weighted by atomic mass is 35.5. The van der Waals surface area contributed by atoms with E-state index in [0.29, 0.717) is 27.9 Å². The second-order valence-electron chi connectivity index (χ2n) is 6.40. The predicted molar refractivity (Wildman–Crippen MR) is 115 cm³/mol. The van der Waals surface area contributed by atoms with Crippen molar-refractivity contribution in [1.29, 1.82) is 0 Å². The summed E-state index contributed by atoms with van der Waals surface area (Å²) in [7, 11) is 1.55. The molecule has 0 spiro atoms. The van der Waals surface area contributed by atoms with Crippen molar-refractivity contribution >= 4 is 28.9 Å². The van der Waals surface area contributed by atoms with Crippen molar-refractivity contribution in [3.8, 4) is 17.2 Å². The second kappa shape index (κ2) is 8.73. The van der Waals surface area contributed by atoms with E-state index in [1.807, 2.05) is 30.3 Å². The molecular formula is C22H16Cl2FN3O2. The Balaban J connectivity index is 1.79. The first-order valence-corrected chi connectivity index (χ1v) is 9.74. The minimum absolute atomic E-state index is 0.216. The largest absolute Gasteiger partial charge is 0.495 e. The predicted octanol–water partition coefficient (Wildman–Crippen LogP) is 6.39. The van der Waals surface area contributed by atoms with Gasteiger partial charge in [0.1, 0.15) is 17.6 Å².